The quantitative estimate of drug-likeness (QED) is 0.713. The summed E-state index contributed by atoms with van der Waals surface area (Å²) in [4.78, 5) is 22.9. The van der Waals surface area contributed by atoms with Gasteiger partial charge < -0.3 is 0 Å². The van der Waals surface area contributed by atoms with Gasteiger partial charge in [-0.05, 0) is 34.1 Å². The van der Waals surface area contributed by atoms with Gasteiger partial charge in [-0.2, -0.15) is 0 Å². The maximum atomic E-state index is 12.8. The minimum atomic E-state index is -0.517. The van der Waals surface area contributed by atoms with E-state index < -0.39 is 5.82 Å². The van der Waals surface area contributed by atoms with Crippen LogP contribution >= 0.6 is 15.9 Å². The van der Waals surface area contributed by atoms with Crippen molar-refractivity contribution in [3.63, 3.8) is 0 Å². The summed E-state index contributed by atoms with van der Waals surface area (Å²) >= 11 is 2.98. The first kappa shape index (κ1) is 9.27. The molecule has 2 rings (SSSR count). The van der Waals surface area contributed by atoms with E-state index in [1.807, 2.05) is 0 Å². The zero-order valence-corrected chi connectivity index (χ0v) is 8.47. The van der Waals surface area contributed by atoms with E-state index in [2.05, 4.69) is 15.9 Å². The highest BCUT2D eigenvalue weighted by Crippen LogP contribution is 2.24. The molecule has 70 valence electrons. The van der Waals surface area contributed by atoms with Gasteiger partial charge in [-0.3, -0.25) is 9.59 Å². The fraction of sp³-hybridized carbons (Fsp3) is 0. The molecule has 0 aliphatic heterocycles. The Hall–Kier alpha value is -1.29. The molecule has 2 nitrogen and oxygen atoms in total. The summed E-state index contributed by atoms with van der Waals surface area (Å²) in [7, 11) is 0. The van der Waals surface area contributed by atoms with Crippen molar-refractivity contribution < 1.29 is 14.0 Å². The Kier molecular flexibility index (Phi) is 2.07. The van der Waals surface area contributed by atoms with Crippen LogP contribution in [0.5, 0.6) is 0 Å². The van der Waals surface area contributed by atoms with E-state index in [1.54, 1.807) is 0 Å². The van der Waals surface area contributed by atoms with Crippen molar-refractivity contribution in [3.8, 4) is 0 Å². The fourth-order valence-corrected chi connectivity index (χ4v) is 1.73. The van der Waals surface area contributed by atoms with Crippen LogP contribution in [0.1, 0.15) is 20.7 Å². The first-order chi connectivity index (χ1) is 6.59. The summed E-state index contributed by atoms with van der Waals surface area (Å²) in [5, 5.41) is 0. The molecule has 0 atom stereocenters. The summed E-state index contributed by atoms with van der Waals surface area (Å²) in [6, 6.07) is 3.56. The molecule has 0 bridgehead atoms. The minimum Gasteiger partial charge on any atom is -0.289 e. The van der Waals surface area contributed by atoms with Crippen LogP contribution in [0, 0.1) is 5.82 Å². The van der Waals surface area contributed by atoms with E-state index in [0.29, 0.717) is 0 Å². The Labute approximate surface area is 87.6 Å². The average Bonchev–Trinajstić information content (AvgIpc) is 2.14. The molecule has 4 heteroatoms. The molecule has 0 N–H and O–H groups in total. The molecule has 0 fully saturated rings. The zero-order chi connectivity index (χ0) is 10.3. The molecule has 0 unspecified atom stereocenters. The van der Waals surface area contributed by atoms with E-state index in [0.717, 1.165) is 18.2 Å². The predicted molar refractivity (Wildman–Crippen MR) is 52.1 cm³/mol. The molecule has 14 heavy (non-hydrogen) atoms. The molecule has 0 saturated heterocycles. The number of hydrogen-bond acceptors (Lipinski definition) is 2. The number of carbonyl (C=O) groups excluding carboxylic acids is 2. The first-order valence-corrected chi connectivity index (χ1v) is 4.64. The van der Waals surface area contributed by atoms with Gasteiger partial charge in [0.15, 0.2) is 5.78 Å². The number of fused-ring (bicyclic) bond motifs is 1. The van der Waals surface area contributed by atoms with Crippen LogP contribution in [0.2, 0.25) is 0 Å². The van der Waals surface area contributed by atoms with Gasteiger partial charge in [0.2, 0.25) is 5.78 Å². The van der Waals surface area contributed by atoms with Crippen LogP contribution < -0.4 is 0 Å². The summed E-state index contributed by atoms with van der Waals surface area (Å²) in [5.41, 5.74) is 0.365. The molecule has 0 heterocycles. The van der Waals surface area contributed by atoms with Crippen molar-refractivity contribution >= 4 is 27.5 Å². The molecule has 1 aromatic carbocycles. The van der Waals surface area contributed by atoms with Gasteiger partial charge in [-0.25, -0.2) is 4.39 Å². The third-order valence-electron chi connectivity index (χ3n) is 1.97. The Bertz CT molecular complexity index is 477. The van der Waals surface area contributed by atoms with Gasteiger partial charge in [0, 0.05) is 17.2 Å². The van der Waals surface area contributed by atoms with Crippen molar-refractivity contribution in [3.05, 3.63) is 45.7 Å². The van der Waals surface area contributed by atoms with Crippen LogP contribution in [0.25, 0.3) is 0 Å². The molecule has 0 radical (unpaired) electrons. The lowest BCUT2D eigenvalue weighted by Gasteiger charge is -2.10. The van der Waals surface area contributed by atoms with Crippen LogP contribution in [-0.2, 0) is 0 Å². The van der Waals surface area contributed by atoms with Crippen LogP contribution in [0.3, 0.4) is 0 Å². The van der Waals surface area contributed by atoms with E-state index in [1.165, 1.54) is 6.07 Å². The largest absolute Gasteiger partial charge is 0.289 e. The number of halogens is 2. The molecule has 1 aromatic rings. The van der Waals surface area contributed by atoms with Gasteiger partial charge in [0.05, 0.1) is 4.48 Å². The summed E-state index contributed by atoms with van der Waals surface area (Å²) < 4.78 is 13.0. The van der Waals surface area contributed by atoms with Crippen molar-refractivity contribution in [2.45, 2.75) is 0 Å². The van der Waals surface area contributed by atoms with Crippen molar-refractivity contribution in [1.82, 2.24) is 0 Å². The second-order valence-electron chi connectivity index (χ2n) is 2.88. The molecule has 1 aliphatic carbocycles. The molecular weight excluding hydrogens is 251 g/mol. The number of Topliss-reactive ketones (excluding diaryl/α,β-unsaturated/α-hetero) is 1. The van der Waals surface area contributed by atoms with Crippen molar-refractivity contribution in [1.29, 1.82) is 0 Å². The number of carbonyl (C=O) groups is 2. The number of hydrogen-bond donors (Lipinski definition) is 0. The molecular formula is C10H4BrFO2. The molecule has 1 aliphatic rings. The molecule has 0 aromatic heterocycles. The smallest absolute Gasteiger partial charge is 0.200 e. The third kappa shape index (κ3) is 1.32. The molecule has 0 spiro atoms. The van der Waals surface area contributed by atoms with Crippen LogP contribution in [0.4, 0.5) is 4.39 Å². The summed E-state index contributed by atoms with van der Waals surface area (Å²) in [6.45, 7) is 0. The van der Waals surface area contributed by atoms with Gasteiger partial charge in [-0.1, -0.05) is 0 Å². The van der Waals surface area contributed by atoms with Gasteiger partial charge in [-0.15, -0.1) is 0 Å². The number of rotatable bonds is 0. The molecule has 0 amide bonds. The topological polar surface area (TPSA) is 34.1 Å². The Morgan fingerprint density at radius 1 is 1.14 bits per heavy atom. The highest BCUT2D eigenvalue weighted by Gasteiger charge is 2.24. The van der Waals surface area contributed by atoms with E-state index >= 15 is 0 Å². The summed E-state index contributed by atoms with van der Waals surface area (Å²) in [5.74, 6) is -1.16. The standard InChI is InChI=1S/C10H4BrFO2/c11-8-4-9(13)7-3-5(12)1-2-6(7)10(8)14/h1-4H. The Morgan fingerprint density at radius 2 is 1.86 bits per heavy atom. The Morgan fingerprint density at radius 3 is 2.57 bits per heavy atom. The first-order valence-electron chi connectivity index (χ1n) is 3.85. The van der Waals surface area contributed by atoms with Crippen LogP contribution in [-0.4, -0.2) is 11.6 Å². The predicted octanol–water partition coefficient (Wildman–Crippen LogP) is 2.48. The van der Waals surface area contributed by atoms with E-state index in [-0.39, 0.29) is 27.2 Å². The lowest BCUT2D eigenvalue weighted by atomic mass is 9.95. The van der Waals surface area contributed by atoms with Gasteiger partial charge >= 0.3 is 0 Å². The lowest BCUT2D eigenvalue weighted by molar-refractivity contribution is 0.0991. The SMILES string of the molecule is O=C1C=C(Br)C(=O)c2ccc(F)cc21. The fourth-order valence-electron chi connectivity index (χ4n) is 1.31. The maximum Gasteiger partial charge on any atom is 0.200 e. The summed E-state index contributed by atoms with van der Waals surface area (Å²) in [6.07, 6.45) is 1.16. The van der Waals surface area contributed by atoms with Gasteiger partial charge in [0.1, 0.15) is 5.82 Å². The van der Waals surface area contributed by atoms with Crippen molar-refractivity contribution in [2.75, 3.05) is 0 Å². The zero-order valence-electron chi connectivity index (χ0n) is 6.88. The van der Waals surface area contributed by atoms with Crippen molar-refractivity contribution in [2.24, 2.45) is 0 Å². The normalized spacial score (nSPS) is 15.1. The minimum absolute atomic E-state index is 0.123. The highest BCUT2D eigenvalue weighted by atomic mass is 79.9. The average molecular weight is 255 g/mol. The van der Waals surface area contributed by atoms with E-state index in [9.17, 15) is 14.0 Å². The third-order valence-corrected chi connectivity index (χ3v) is 2.56. The lowest BCUT2D eigenvalue weighted by Crippen LogP contribution is -2.14. The number of ketones is 2. The number of allylic oxidation sites excluding steroid dienone is 2. The Balaban J connectivity index is 2.69. The monoisotopic (exact) mass is 254 g/mol. The second-order valence-corrected chi connectivity index (χ2v) is 3.73. The number of benzene rings is 1. The van der Waals surface area contributed by atoms with Gasteiger partial charge in [0.25, 0.3) is 0 Å². The second kappa shape index (κ2) is 3.13. The molecule has 0 saturated carbocycles. The highest BCUT2D eigenvalue weighted by molar-refractivity contribution is 9.12. The maximum absolute atomic E-state index is 12.8. The van der Waals surface area contributed by atoms with Crippen LogP contribution in [0.15, 0.2) is 28.8 Å². The van der Waals surface area contributed by atoms with E-state index in [4.69, 9.17) is 0 Å².